The number of methoxy groups -OCH3 is 1. The second-order valence-electron chi connectivity index (χ2n) is 5.89. The van der Waals surface area contributed by atoms with Gasteiger partial charge in [0, 0.05) is 25.8 Å². The van der Waals surface area contributed by atoms with E-state index in [1.54, 1.807) is 0 Å². The van der Waals surface area contributed by atoms with Crippen LogP contribution in [-0.4, -0.2) is 48.7 Å². The minimum atomic E-state index is -1.17. The zero-order chi connectivity index (χ0) is 17.2. The smallest absolute Gasteiger partial charge is 0.313 e. The van der Waals surface area contributed by atoms with Crippen LogP contribution in [0.1, 0.15) is 24.8 Å². The average Bonchev–Trinajstić information content (AvgIpc) is 2.92. The topological polar surface area (TPSA) is 66.8 Å². The van der Waals surface area contributed by atoms with Crippen molar-refractivity contribution in [1.82, 2.24) is 4.90 Å². The number of rotatable bonds is 5. The molecular weight excluding hydrogens is 308 g/mol. The lowest BCUT2D eigenvalue weighted by molar-refractivity contribution is -0.151. The van der Waals surface area contributed by atoms with Crippen LogP contribution in [0.3, 0.4) is 0 Å². The van der Waals surface area contributed by atoms with Gasteiger partial charge in [0.1, 0.15) is 17.0 Å². The molecule has 0 aromatic heterocycles. The molecule has 1 aliphatic rings. The summed E-state index contributed by atoms with van der Waals surface area (Å²) < 4.78 is 32.6. The van der Waals surface area contributed by atoms with Crippen molar-refractivity contribution in [3.8, 4) is 0 Å². The van der Waals surface area contributed by atoms with Crippen molar-refractivity contribution in [3.05, 3.63) is 35.4 Å². The van der Waals surface area contributed by atoms with Gasteiger partial charge in [0.2, 0.25) is 5.91 Å². The van der Waals surface area contributed by atoms with Crippen LogP contribution < -0.4 is 0 Å². The molecule has 1 heterocycles. The summed E-state index contributed by atoms with van der Waals surface area (Å²) in [5.74, 6) is -4.13. The highest BCUT2D eigenvalue weighted by Gasteiger charge is 2.47. The summed E-state index contributed by atoms with van der Waals surface area (Å²) >= 11 is 0. The number of aliphatic carboxylic acids is 1. The van der Waals surface area contributed by atoms with Crippen LogP contribution in [0.2, 0.25) is 0 Å². The maximum absolute atomic E-state index is 13.8. The number of nitrogens with zero attached hydrogens (tertiary/aromatic N) is 1. The van der Waals surface area contributed by atoms with E-state index in [4.69, 9.17) is 4.74 Å². The lowest BCUT2D eigenvalue weighted by Crippen LogP contribution is -2.41. The Labute approximate surface area is 132 Å². The highest BCUT2D eigenvalue weighted by Crippen LogP contribution is 2.34. The van der Waals surface area contributed by atoms with E-state index >= 15 is 0 Å². The van der Waals surface area contributed by atoms with Gasteiger partial charge in [-0.05, 0) is 25.5 Å². The van der Waals surface area contributed by atoms with Crippen molar-refractivity contribution in [2.24, 2.45) is 5.41 Å². The lowest BCUT2D eigenvalue weighted by Gasteiger charge is -2.25. The molecule has 1 amide bonds. The Kier molecular flexibility index (Phi) is 4.99. The third-order valence-electron chi connectivity index (χ3n) is 4.34. The quantitative estimate of drug-likeness (QED) is 0.898. The Morgan fingerprint density at radius 1 is 1.39 bits per heavy atom. The molecule has 0 spiro atoms. The van der Waals surface area contributed by atoms with Crippen molar-refractivity contribution in [2.45, 2.75) is 19.3 Å². The van der Waals surface area contributed by atoms with Gasteiger partial charge in [0.05, 0.1) is 12.5 Å². The number of carboxylic acid groups (broad SMARTS) is 1. The molecule has 23 heavy (non-hydrogen) atoms. The monoisotopic (exact) mass is 327 g/mol. The van der Waals surface area contributed by atoms with Crippen LogP contribution in [-0.2, 0) is 14.3 Å². The Morgan fingerprint density at radius 3 is 2.52 bits per heavy atom. The SMILES string of the molecule is COCC1(C(=O)O)CCN(C(=O)C(C)c2c(F)cccc2F)C1. The zero-order valence-corrected chi connectivity index (χ0v) is 13.0. The normalized spacial score (nSPS) is 22.2. The molecule has 1 fully saturated rings. The second-order valence-corrected chi connectivity index (χ2v) is 5.89. The fourth-order valence-electron chi connectivity index (χ4n) is 3.01. The Morgan fingerprint density at radius 2 is 2.00 bits per heavy atom. The molecule has 1 aromatic carbocycles. The average molecular weight is 327 g/mol. The summed E-state index contributed by atoms with van der Waals surface area (Å²) in [6, 6.07) is 3.42. The highest BCUT2D eigenvalue weighted by molar-refractivity contribution is 5.85. The summed E-state index contributed by atoms with van der Waals surface area (Å²) in [6.45, 7) is 1.58. The number of benzene rings is 1. The minimum Gasteiger partial charge on any atom is -0.481 e. The van der Waals surface area contributed by atoms with Gasteiger partial charge in [-0.25, -0.2) is 8.78 Å². The Balaban J connectivity index is 2.20. The predicted octanol–water partition coefficient (Wildman–Crippen LogP) is 2.02. The van der Waals surface area contributed by atoms with Crippen molar-refractivity contribution in [3.63, 3.8) is 0 Å². The molecule has 126 valence electrons. The molecule has 1 aliphatic heterocycles. The van der Waals surface area contributed by atoms with E-state index in [1.165, 1.54) is 25.0 Å². The van der Waals surface area contributed by atoms with Crippen molar-refractivity contribution >= 4 is 11.9 Å². The van der Waals surface area contributed by atoms with Crippen molar-refractivity contribution < 1.29 is 28.2 Å². The molecule has 2 atom stereocenters. The Bertz CT molecular complexity index is 602. The van der Waals surface area contributed by atoms with E-state index in [-0.39, 0.29) is 31.7 Å². The molecular formula is C16H19F2NO4. The number of likely N-dealkylation sites (tertiary alicyclic amines) is 1. The maximum atomic E-state index is 13.8. The van der Waals surface area contributed by atoms with Crippen LogP contribution in [0.25, 0.3) is 0 Å². The molecule has 1 saturated heterocycles. The molecule has 0 saturated carbocycles. The summed E-state index contributed by atoms with van der Waals surface area (Å²) in [4.78, 5) is 25.4. The van der Waals surface area contributed by atoms with Gasteiger partial charge in [-0.15, -0.1) is 0 Å². The van der Waals surface area contributed by atoms with Crippen molar-refractivity contribution in [1.29, 1.82) is 0 Å². The highest BCUT2D eigenvalue weighted by atomic mass is 19.1. The van der Waals surface area contributed by atoms with Gasteiger partial charge in [0.15, 0.2) is 0 Å². The Hall–Kier alpha value is -2.02. The van der Waals surface area contributed by atoms with Crippen LogP contribution in [0.15, 0.2) is 18.2 Å². The molecule has 1 aromatic rings. The number of halogens is 2. The number of hydrogen-bond donors (Lipinski definition) is 1. The number of carboxylic acids is 1. The van der Waals surface area contributed by atoms with Gasteiger partial charge in [-0.1, -0.05) is 6.07 Å². The first-order valence-corrected chi connectivity index (χ1v) is 7.27. The maximum Gasteiger partial charge on any atom is 0.313 e. The van der Waals surface area contributed by atoms with Crippen LogP contribution in [0.4, 0.5) is 8.78 Å². The molecule has 2 unspecified atom stereocenters. The van der Waals surface area contributed by atoms with E-state index in [0.29, 0.717) is 0 Å². The van der Waals surface area contributed by atoms with E-state index in [9.17, 15) is 23.5 Å². The molecule has 7 heteroatoms. The van der Waals surface area contributed by atoms with Gasteiger partial charge in [-0.2, -0.15) is 0 Å². The summed E-state index contributed by atoms with van der Waals surface area (Å²) in [7, 11) is 1.40. The minimum absolute atomic E-state index is 0.0193. The molecule has 1 N–H and O–H groups in total. The summed E-state index contributed by atoms with van der Waals surface area (Å²) in [5, 5.41) is 9.40. The van der Waals surface area contributed by atoms with Crippen LogP contribution in [0.5, 0.6) is 0 Å². The van der Waals surface area contributed by atoms with Crippen LogP contribution >= 0.6 is 0 Å². The zero-order valence-electron chi connectivity index (χ0n) is 13.0. The van der Waals surface area contributed by atoms with E-state index in [1.807, 2.05) is 0 Å². The number of ether oxygens (including phenoxy) is 1. The first-order chi connectivity index (χ1) is 10.8. The standard InChI is InChI=1S/C16H19F2NO4/c1-10(13-11(17)4-3-5-12(13)18)14(20)19-7-6-16(8-19,9-23-2)15(21)22/h3-5,10H,6-9H2,1-2H3,(H,21,22). The van der Waals surface area contributed by atoms with Gasteiger partial charge >= 0.3 is 5.97 Å². The number of carbonyl (C=O) groups is 2. The van der Waals surface area contributed by atoms with E-state index < -0.39 is 34.8 Å². The number of amides is 1. The first-order valence-electron chi connectivity index (χ1n) is 7.27. The second kappa shape index (κ2) is 6.62. The third-order valence-corrected chi connectivity index (χ3v) is 4.34. The summed E-state index contributed by atoms with van der Waals surface area (Å²) in [6.07, 6.45) is 0.244. The van der Waals surface area contributed by atoms with E-state index in [0.717, 1.165) is 12.1 Å². The first kappa shape index (κ1) is 17.3. The third kappa shape index (κ3) is 3.19. The van der Waals surface area contributed by atoms with Gasteiger partial charge < -0.3 is 14.7 Å². The molecule has 0 radical (unpaired) electrons. The van der Waals surface area contributed by atoms with E-state index in [2.05, 4.69) is 0 Å². The van der Waals surface area contributed by atoms with Gasteiger partial charge in [-0.3, -0.25) is 9.59 Å². The fraction of sp³-hybridized carbons (Fsp3) is 0.500. The lowest BCUT2D eigenvalue weighted by atomic mass is 9.88. The molecule has 0 bridgehead atoms. The molecule has 0 aliphatic carbocycles. The predicted molar refractivity (Wildman–Crippen MR) is 77.9 cm³/mol. The largest absolute Gasteiger partial charge is 0.481 e. The number of carbonyl (C=O) groups excluding carboxylic acids is 1. The summed E-state index contributed by atoms with van der Waals surface area (Å²) in [5.41, 5.74) is -1.46. The van der Waals surface area contributed by atoms with Gasteiger partial charge in [0.25, 0.3) is 0 Å². The molecule has 5 nitrogen and oxygen atoms in total. The van der Waals surface area contributed by atoms with Crippen LogP contribution in [0, 0.1) is 17.0 Å². The molecule has 2 rings (SSSR count). The number of hydrogen-bond acceptors (Lipinski definition) is 3. The van der Waals surface area contributed by atoms with Crippen molar-refractivity contribution in [2.75, 3.05) is 26.8 Å². The fourth-order valence-corrected chi connectivity index (χ4v) is 3.01.